The molecule has 0 aliphatic carbocycles. The summed E-state index contributed by atoms with van der Waals surface area (Å²) in [6, 6.07) is 15.2. The lowest BCUT2D eigenvalue weighted by Crippen LogP contribution is -2.33. The van der Waals surface area contributed by atoms with Crippen molar-refractivity contribution < 1.29 is 14.3 Å². The van der Waals surface area contributed by atoms with Crippen LogP contribution in [0.25, 0.3) is 0 Å². The predicted molar refractivity (Wildman–Crippen MR) is 89.2 cm³/mol. The molecule has 5 heteroatoms. The molecule has 2 aromatic rings. The number of ether oxygens (including phenoxy) is 1. The summed E-state index contributed by atoms with van der Waals surface area (Å²) in [5.74, 6) is -0.296. The molecule has 2 rings (SSSR count). The molecule has 0 aliphatic heterocycles. The van der Waals surface area contributed by atoms with Crippen molar-refractivity contribution in [1.82, 2.24) is 5.32 Å². The van der Waals surface area contributed by atoms with E-state index < -0.39 is 6.09 Å². The van der Waals surface area contributed by atoms with Gasteiger partial charge < -0.3 is 15.4 Å². The summed E-state index contributed by atoms with van der Waals surface area (Å²) in [6.07, 6.45) is -0.620. The Labute approximate surface area is 135 Å². The monoisotopic (exact) mass is 312 g/mol. The SMILES string of the molecule is Cc1ccc(C)c(NC(=O)CNC(=O)OCc2ccccc2)c1. The molecule has 0 bridgehead atoms. The van der Waals surface area contributed by atoms with Crippen molar-refractivity contribution >= 4 is 17.7 Å². The van der Waals surface area contributed by atoms with E-state index >= 15 is 0 Å². The van der Waals surface area contributed by atoms with Crippen LogP contribution < -0.4 is 10.6 Å². The number of alkyl carbamates (subject to hydrolysis) is 1. The summed E-state index contributed by atoms with van der Waals surface area (Å²) >= 11 is 0. The number of benzene rings is 2. The molecular weight excluding hydrogens is 292 g/mol. The molecule has 2 amide bonds. The molecule has 5 nitrogen and oxygen atoms in total. The van der Waals surface area contributed by atoms with Crippen LogP contribution in [-0.2, 0) is 16.1 Å². The molecular formula is C18H20N2O3. The fraction of sp³-hybridized carbons (Fsp3) is 0.222. The van der Waals surface area contributed by atoms with E-state index in [0.29, 0.717) is 0 Å². The Morgan fingerprint density at radius 1 is 1.04 bits per heavy atom. The van der Waals surface area contributed by atoms with Crippen molar-refractivity contribution in [3.63, 3.8) is 0 Å². The lowest BCUT2D eigenvalue weighted by Gasteiger charge is -2.10. The molecule has 2 N–H and O–H groups in total. The third kappa shape index (κ3) is 5.47. The van der Waals surface area contributed by atoms with Crippen LogP contribution in [0.3, 0.4) is 0 Å². The number of nitrogens with one attached hydrogen (secondary N) is 2. The minimum absolute atomic E-state index is 0.138. The van der Waals surface area contributed by atoms with Gasteiger partial charge in [0, 0.05) is 5.69 Å². The maximum absolute atomic E-state index is 11.9. The van der Waals surface area contributed by atoms with Crippen LogP contribution in [0.5, 0.6) is 0 Å². The lowest BCUT2D eigenvalue weighted by atomic mass is 10.1. The summed E-state index contributed by atoms with van der Waals surface area (Å²) in [5.41, 5.74) is 3.66. The summed E-state index contributed by atoms with van der Waals surface area (Å²) in [5, 5.41) is 5.20. The Bertz CT molecular complexity index is 684. The van der Waals surface area contributed by atoms with E-state index in [4.69, 9.17) is 4.74 Å². The molecule has 0 saturated carbocycles. The van der Waals surface area contributed by atoms with Gasteiger partial charge in [-0.2, -0.15) is 0 Å². The average Bonchev–Trinajstić information content (AvgIpc) is 2.55. The highest BCUT2D eigenvalue weighted by atomic mass is 16.5. The van der Waals surface area contributed by atoms with Gasteiger partial charge in [-0.15, -0.1) is 0 Å². The van der Waals surface area contributed by atoms with Crippen molar-refractivity contribution in [1.29, 1.82) is 0 Å². The summed E-state index contributed by atoms with van der Waals surface area (Å²) in [6.45, 7) is 3.90. The number of amides is 2. The Kier molecular flexibility index (Phi) is 5.74. The minimum atomic E-state index is -0.620. The number of rotatable bonds is 5. The Morgan fingerprint density at radius 2 is 1.78 bits per heavy atom. The first-order chi connectivity index (χ1) is 11.0. The van der Waals surface area contributed by atoms with Crippen molar-refractivity contribution in [2.75, 3.05) is 11.9 Å². The average molecular weight is 312 g/mol. The molecule has 23 heavy (non-hydrogen) atoms. The normalized spacial score (nSPS) is 10.0. The molecule has 0 atom stereocenters. The molecule has 0 saturated heterocycles. The van der Waals surface area contributed by atoms with Crippen molar-refractivity contribution in [2.45, 2.75) is 20.5 Å². The number of carbonyl (C=O) groups excluding carboxylic acids is 2. The molecule has 0 heterocycles. The third-order valence-corrected chi connectivity index (χ3v) is 3.27. The standard InChI is InChI=1S/C18H20N2O3/c1-13-8-9-14(2)16(10-13)20-17(21)11-19-18(22)23-12-15-6-4-3-5-7-15/h3-10H,11-12H2,1-2H3,(H,19,22)(H,20,21). The van der Waals surface area contributed by atoms with Crippen molar-refractivity contribution in [3.8, 4) is 0 Å². The van der Waals surface area contributed by atoms with Crippen molar-refractivity contribution in [3.05, 3.63) is 65.2 Å². The Balaban J connectivity index is 1.75. The van der Waals surface area contributed by atoms with Gasteiger partial charge in [-0.05, 0) is 36.6 Å². The van der Waals surface area contributed by atoms with Crippen LogP contribution in [-0.4, -0.2) is 18.5 Å². The fourth-order valence-electron chi connectivity index (χ4n) is 1.99. The second-order valence-corrected chi connectivity index (χ2v) is 5.28. The van der Waals surface area contributed by atoms with E-state index in [0.717, 1.165) is 22.4 Å². The minimum Gasteiger partial charge on any atom is -0.445 e. The molecule has 0 radical (unpaired) electrons. The van der Waals surface area contributed by atoms with Gasteiger partial charge in [-0.25, -0.2) is 4.79 Å². The van der Waals surface area contributed by atoms with Gasteiger partial charge >= 0.3 is 6.09 Å². The van der Waals surface area contributed by atoms with Gasteiger partial charge in [-0.3, -0.25) is 4.79 Å². The second kappa shape index (κ2) is 7.98. The lowest BCUT2D eigenvalue weighted by molar-refractivity contribution is -0.115. The largest absolute Gasteiger partial charge is 0.445 e. The van der Waals surface area contributed by atoms with E-state index in [1.54, 1.807) is 0 Å². The zero-order chi connectivity index (χ0) is 16.7. The first-order valence-electron chi connectivity index (χ1n) is 7.36. The maximum Gasteiger partial charge on any atom is 0.407 e. The van der Waals surface area contributed by atoms with Crippen LogP contribution in [0.1, 0.15) is 16.7 Å². The van der Waals surface area contributed by atoms with Crippen LogP contribution in [0, 0.1) is 13.8 Å². The molecule has 2 aromatic carbocycles. The molecule has 0 spiro atoms. The van der Waals surface area contributed by atoms with Crippen LogP contribution in [0.4, 0.5) is 10.5 Å². The molecule has 0 unspecified atom stereocenters. The van der Waals surface area contributed by atoms with Crippen LogP contribution in [0.15, 0.2) is 48.5 Å². The predicted octanol–water partition coefficient (Wildman–Crippen LogP) is 3.17. The first kappa shape index (κ1) is 16.5. The smallest absolute Gasteiger partial charge is 0.407 e. The number of anilines is 1. The Morgan fingerprint density at radius 3 is 2.52 bits per heavy atom. The van der Waals surface area contributed by atoms with E-state index in [2.05, 4.69) is 10.6 Å². The molecule has 0 aromatic heterocycles. The fourth-order valence-corrected chi connectivity index (χ4v) is 1.99. The van der Waals surface area contributed by atoms with Crippen LogP contribution in [0.2, 0.25) is 0 Å². The summed E-state index contributed by atoms with van der Waals surface area (Å²) in [7, 11) is 0. The number of aryl methyl sites for hydroxylation is 2. The third-order valence-electron chi connectivity index (χ3n) is 3.27. The Hall–Kier alpha value is -2.82. The molecule has 0 fully saturated rings. The highest BCUT2D eigenvalue weighted by Crippen LogP contribution is 2.15. The van der Waals surface area contributed by atoms with Gasteiger partial charge in [-0.1, -0.05) is 42.5 Å². The molecule has 0 aliphatic rings. The number of carbonyl (C=O) groups is 2. The van der Waals surface area contributed by atoms with Gasteiger partial charge in [0.05, 0.1) is 0 Å². The summed E-state index contributed by atoms with van der Waals surface area (Å²) < 4.78 is 5.04. The highest BCUT2D eigenvalue weighted by molar-refractivity contribution is 5.94. The van der Waals surface area contributed by atoms with Gasteiger partial charge in [0.15, 0.2) is 0 Å². The van der Waals surface area contributed by atoms with Gasteiger partial charge in [0.2, 0.25) is 5.91 Å². The summed E-state index contributed by atoms with van der Waals surface area (Å²) in [4.78, 5) is 23.5. The number of hydrogen-bond acceptors (Lipinski definition) is 3. The quantitative estimate of drug-likeness (QED) is 0.891. The van der Waals surface area contributed by atoms with Gasteiger partial charge in [0.1, 0.15) is 13.2 Å². The topological polar surface area (TPSA) is 67.4 Å². The highest BCUT2D eigenvalue weighted by Gasteiger charge is 2.08. The zero-order valence-electron chi connectivity index (χ0n) is 13.3. The van der Waals surface area contributed by atoms with E-state index in [9.17, 15) is 9.59 Å². The van der Waals surface area contributed by atoms with E-state index in [-0.39, 0.29) is 19.1 Å². The first-order valence-corrected chi connectivity index (χ1v) is 7.36. The van der Waals surface area contributed by atoms with Gasteiger partial charge in [0.25, 0.3) is 0 Å². The van der Waals surface area contributed by atoms with E-state index in [1.165, 1.54) is 0 Å². The number of hydrogen-bond donors (Lipinski definition) is 2. The van der Waals surface area contributed by atoms with Crippen molar-refractivity contribution in [2.24, 2.45) is 0 Å². The maximum atomic E-state index is 11.9. The van der Waals surface area contributed by atoms with E-state index in [1.807, 2.05) is 62.4 Å². The zero-order valence-corrected chi connectivity index (χ0v) is 13.3. The van der Waals surface area contributed by atoms with Crippen LogP contribution >= 0.6 is 0 Å². The second-order valence-electron chi connectivity index (χ2n) is 5.28. The molecule has 120 valence electrons.